The first kappa shape index (κ1) is 16.0. The molecule has 2 nitrogen and oxygen atoms in total. The van der Waals surface area contributed by atoms with Crippen LogP contribution in [0.4, 0.5) is 4.39 Å². The van der Waals surface area contributed by atoms with E-state index in [1.807, 2.05) is 32.2 Å². The average molecular weight is 352 g/mol. The topological polar surface area (TPSA) is 21.3 Å². The summed E-state index contributed by atoms with van der Waals surface area (Å²) in [4.78, 5) is 0. The van der Waals surface area contributed by atoms with E-state index in [4.69, 9.17) is 4.74 Å². The van der Waals surface area contributed by atoms with Crippen LogP contribution in [-0.2, 0) is 6.61 Å². The van der Waals surface area contributed by atoms with Gasteiger partial charge in [0.2, 0.25) is 0 Å². The van der Waals surface area contributed by atoms with Crippen LogP contribution in [0.3, 0.4) is 0 Å². The number of hydrogen-bond donors (Lipinski definition) is 1. The molecule has 0 bridgehead atoms. The summed E-state index contributed by atoms with van der Waals surface area (Å²) in [6, 6.07) is 10.8. The molecule has 0 spiro atoms. The summed E-state index contributed by atoms with van der Waals surface area (Å²) in [6.45, 7) is 4.38. The third-order valence-corrected chi connectivity index (χ3v) is 4.06. The Labute approximate surface area is 133 Å². The Hall–Kier alpha value is -1.39. The van der Waals surface area contributed by atoms with Crippen LogP contribution in [-0.4, -0.2) is 7.05 Å². The van der Waals surface area contributed by atoms with Gasteiger partial charge in [-0.25, -0.2) is 4.39 Å². The molecule has 2 aromatic carbocycles. The lowest BCUT2D eigenvalue weighted by molar-refractivity contribution is 0.299. The zero-order valence-electron chi connectivity index (χ0n) is 12.4. The molecule has 0 radical (unpaired) electrons. The van der Waals surface area contributed by atoms with E-state index in [-0.39, 0.29) is 11.9 Å². The number of halogens is 2. The molecule has 0 saturated carbocycles. The molecule has 0 aliphatic heterocycles. The fourth-order valence-corrected chi connectivity index (χ4v) is 2.47. The van der Waals surface area contributed by atoms with Crippen molar-refractivity contribution in [3.8, 4) is 5.75 Å². The molecule has 0 heterocycles. The predicted molar refractivity (Wildman–Crippen MR) is 87.1 cm³/mol. The first-order valence-electron chi connectivity index (χ1n) is 6.86. The van der Waals surface area contributed by atoms with Crippen LogP contribution >= 0.6 is 15.9 Å². The Kier molecular flexibility index (Phi) is 5.37. The summed E-state index contributed by atoms with van der Waals surface area (Å²) in [5.74, 6) is 0.572. The highest BCUT2D eigenvalue weighted by atomic mass is 79.9. The van der Waals surface area contributed by atoms with E-state index < -0.39 is 0 Å². The normalized spacial score (nSPS) is 12.2. The van der Waals surface area contributed by atoms with Gasteiger partial charge in [0.1, 0.15) is 18.2 Å². The number of hydrogen-bond acceptors (Lipinski definition) is 2. The van der Waals surface area contributed by atoms with Crippen molar-refractivity contribution in [2.75, 3.05) is 7.05 Å². The van der Waals surface area contributed by atoms with Gasteiger partial charge in [0, 0.05) is 16.1 Å². The SMILES string of the molecule is CNC(C)c1cc(Br)ccc1OCc1cc(F)ccc1C. The van der Waals surface area contributed by atoms with Crippen molar-refractivity contribution in [1.82, 2.24) is 5.32 Å². The molecule has 1 atom stereocenters. The summed E-state index contributed by atoms with van der Waals surface area (Å²) in [7, 11) is 1.91. The van der Waals surface area contributed by atoms with Crippen molar-refractivity contribution in [3.05, 3.63) is 63.4 Å². The highest BCUT2D eigenvalue weighted by Crippen LogP contribution is 2.29. The van der Waals surface area contributed by atoms with E-state index in [0.29, 0.717) is 6.61 Å². The minimum absolute atomic E-state index is 0.172. The number of nitrogens with one attached hydrogen (secondary N) is 1. The number of ether oxygens (including phenoxy) is 1. The van der Waals surface area contributed by atoms with E-state index in [1.165, 1.54) is 12.1 Å². The third-order valence-electron chi connectivity index (χ3n) is 3.57. The molecule has 0 aliphatic rings. The van der Waals surface area contributed by atoms with Crippen LogP contribution in [0.5, 0.6) is 5.75 Å². The van der Waals surface area contributed by atoms with Crippen molar-refractivity contribution >= 4 is 15.9 Å². The molecule has 2 aromatic rings. The van der Waals surface area contributed by atoms with Crippen LogP contribution in [0.25, 0.3) is 0 Å². The Balaban J connectivity index is 2.21. The van der Waals surface area contributed by atoms with Gasteiger partial charge in [-0.1, -0.05) is 22.0 Å². The van der Waals surface area contributed by atoms with Gasteiger partial charge >= 0.3 is 0 Å². The van der Waals surface area contributed by atoms with Gasteiger partial charge in [-0.15, -0.1) is 0 Å². The second-order valence-electron chi connectivity index (χ2n) is 5.05. The fourth-order valence-electron chi connectivity index (χ4n) is 2.10. The second-order valence-corrected chi connectivity index (χ2v) is 5.97. The number of rotatable bonds is 5. The monoisotopic (exact) mass is 351 g/mol. The predicted octanol–water partition coefficient (Wildman–Crippen LogP) is 4.76. The van der Waals surface area contributed by atoms with Crippen molar-refractivity contribution < 1.29 is 9.13 Å². The summed E-state index contributed by atoms with van der Waals surface area (Å²) in [5.41, 5.74) is 2.96. The van der Waals surface area contributed by atoms with E-state index in [1.54, 1.807) is 6.07 Å². The number of aryl methyl sites for hydroxylation is 1. The maximum Gasteiger partial charge on any atom is 0.124 e. The van der Waals surface area contributed by atoms with Gasteiger partial charge in [0.15, 0.2) is 0 Å². The van der Waals surface area contributed by atoms with Gasteiger partial charge in [-0.05, 0) is 62.4 Å². The Morgan fingerprint density at radius 3 is 2.71 bits per heavy atom. The maximum absolute atomic E-state index is 13.3. The zero-order chi connectivity index (χ0) is 15.4. The molecule has 2 rings (SSSR count). The molecule has 0 aromatic heterocycles. The lowest BCUT2D eigenvalue weighted by Crippen LogP contribution is -2.14. The zero-order valence-corrected chi connectivity index (χ0v) is 14.0. The lowest BCUT2D eigenvalue weighted by Gasteiger charge is -2.17. The molecule has 0 amide bonds. The minimum atomic E-state index is -0.237. The highest BCUT2D eigenvalue weighted by molar-refractivity contribution is 9.10. The molecule has 112 valence electrons. The summed E-state index contributed by atoms with van der Waals surface area (Å²) in [6.07, 6.45) is 0. The standard InChI is InChI=1S/C17H19BrFNO/c1-11-4-6-15(19)8-13(11)10-21-17-7-5-14(18)9-16(17)12(2)20-3/h4-9,12,20H,10H2,1-3H3. The fraction of sp³-hybridized carbons (Fsp3) is 0.294. The van der Waals surface area contributed by atoms with E-state index in [0.717, 1.165) is 26.9 Å². The van der Waals surface area contributed by atoms with Crippen LogP contribution < -0.4 is 10.1 Å². The summed E-state index contributed by atoms with van der Waals surface area (Å²) >= 11 is 3.48. The van der Waals surface area contributed by atoms with Crippen molar-refractivity contribution in [2.45, 2.75) is 26.5 Å². The largest absolute Gasteiger partial charge is 0.489 e. The second kappa shape index (κ2) is 7.05. The summed E-state index contributed by atoms with van der Waals surface area (Å²) < 4.78 is 20.2. The van der Waals surface area contributed by atoms with Gasteiger partial charge in [0.25, 0.3) is 0 Å². The molecule has 0 aliphatic carbocycles. The molecular formula is C17H19BrFNO. The van der Waals surface area contributed by atoms with Crippen molar-refractivity contribution in [3.63, 3.8) is 0 Å². The molecule has 0 fully saturated rings. The van der Waals surface area contributed by atoms with Crippen LogP contribution in [0.2, 0.25) is 0 Å². The molecule has 4 heteroatoms. The minimum Gasteiger partial charge on any atom is -0.489 e. The average Bonchev–Trinajstić information content (AvgIpc) is 2.48. The van der Waals surface area contributed by atoms with Gasteiger partial charge in [-0.3, -0.25) is 0 Å². The molecule has 21 heavy (non-hydrogen) atoms. The van der Waals surface area contributed by atoms with Gasteiger partial charge < -0.3 is 10.1 Å². The van der Waals surface area contributed by atoms with Crippen molar-refractivity contribution in [2.24, 2.45) is 0 Å². The summed E-state index contributed by atoms with van der Waals surface area (Å²) in [5, 5.41) is 3.21. The Morgan fingerprint density at radius 2 is 2.00 bits per heavy atom. The molecule has 1 N–H and O–H groups in total. The number of benzene rings is 2. The first-order valence-corrected chi connectivity index (χ1v) is 7.65. The van der Waals surface area contributed by atoms with E-state index in [9.17, 15) is 4.39 Å². The lowest BCUT2D eigenvalue weighted by atomic mass is 10.1. The van der Waals surface area contributed by atoms with Crippen LogP contribution in [0, 0.1) is 12.7 Å². The van der Waals surface area contributed by atoms with E-state index in [2.05, 4.69) is 28.2 Å². The molecule has 1 unspecified atom stereocenters. The first-order chi connectivity index (χ1) is 10.0. The smallest absolute Gasteiger partial charge is 0.124 e. The van der Waals surface area contributed by atoms with Crippen molar-refractivity contribution in [1.29, 1.82) is 0 Å². The Bertz CT molecular complexity index is 630. The third kappa shape index (κ3) is 4.05. The van der Waals surface area contributed by atoms with Crippen LogP contribution in [0.1, 0.15) is 29.7 Å². The Morgan fingerprint density at radius 1 is 1.24 bits per heavy atom. The van der Waals surface area contributed by atoms with E-state index >= 15 is 0 Å². The van der Waals surface area contributed by atoms with Gasteiger partial charge in [-0.2, -0.15) is 0 Å². The highest BCUT2D eigenvalue weighted by Gasteiger charge is 2.11. The maximum atomic E-state index is 13.3. The molecular weight excluding hydrogens is 333 g/mol. The van der Waals surface area contributed by atoms with Crippen LogP contribution in [0.15, 0.2) is 40.9 Å². The molecule has 0 saturated heterocycles. The van der Waals surface area contributed by atoms with Gasteiger partial charge in [0.05, 0.1) is 0 Å². The quantitative estimate of drug-likeness (QED) is 0.838.